The molecule has 2 fully saturated rings. The summed E-state index contributed by atoms with van der Waals surface area (Å²) < 4.78 is 5.95. The Kier molecular flexibility index (Phi) is 2.71. The van der Waals surface area contributed by atoms with E-state index < -0.39 is 21.3 Å². The molecule has 0 bridgehead atoms. The number of ether oxygens (including phenoxy) is 1. The van der Waals surface area contributed by atoms with E-state index in [0.29, 0.717) is 13.0 Å². The highest BCUT2D eigenvalue weighted by Crippen LogP contribution is 2.88. The van der Waals surface area contributed by atoms with E-state index in [1.165, 1.54) is 11.8 Å². The summed E-state index contributed by atoms with van der Waals surface area (Å²) in [6, 6.07) is 14.6. The quantitative estimate of drug-likeness (QED) is 0.899. The predicted octanol–water partition coefficient (Wildman–Crippen LogP) is 2.16. The maximum absolute atomic E-state index is 10.2. The van der Waals surface area contributed by atoms with E-state index >= 15 is 0 Å². The van der Waals surface area contributed by atoms with Crippen molar-refractivity contribution in [1.29, 1.82) is 10.5 Å². The van der Waals surface area contributed by atoms with E-state index in [0.717, 1.165) is 11.3 Å². The Morgan fingerprint density at radius 2 is 2.04 bits per heavy atom. The molecule has 4 rings (SSSR count). The van der Waals surface area contributed by atoms with Gasteiger partial charge in [-0.05, 0) is 12.0 Å². The fraction of sp³-hybridized carbons (Fsp3) is 0.471. The number of thioether (sulfide) groups is 1. The molecular formula is C17H16N4OS. The Bertz CT molecular complexity index is 789. The van der Waals surface area contributed by atoms with Crippen molar-refractivity contribution in [1.82, 2.24) is 0 Å². The molecule has 4 atom stereocenters. The maximum Gasteiger partial charge on any atom is 0.231 e. The minimum absolute atomic E-state index is 0.238. The monoisotopic (exact) mass is 324 g/mol. The Labute approximate surface area is 139 Å². The topological polar surface area (TPSA) is 95.2 Å². The first kappa shape index (κ1) is 14.6. The summed E-state index contributed by atoms with van der Waals surface area (Å²) >= 11 is 1.49. The van der Waals surface area contributed by atoms with Gasteiger partial charge in [0.15, 0.2) is 10.8 Å². The van der Waals surface area contributed by atoms with Crippen molar-refractivity contribution in [2.24, 2.45) is 21.6 Å². The number of hydrogen-bond acceptors (Lipinski definition) is 6. The number of nitrogens with two attached hydrogens (primary N) is 1. The molecule has 6 heteroatoms. The molecule has 1 spiro atoms. The molecule has 1 saturated carbocycles. The molecule has 5 nitrogen and oxygen atoms in total. The zero-order valence-corrected chi connectivity index (χ0v) is 13.6. The molecule has 1 aromatic rings. The normalized spacial score (nSPS) is 43.5. The van der Waals surface area contributed by atoms with Crippen LogP contribution in [0.4, 0.5) is 0 Å². The van der Waals surface area contributed by atoms with Crippen LogP contribution in [-0.4, -0.2) is 23.3 Å². The van der Waals surface area contributed by atoms with Crippen LogP contribution in [0.25, 0.3) is 0 Å². The van der Waals surface area contributed by atoms with Gasteiger partial charge >= 0.3 is 0 Å². The van der Waals surface area contributed by atoms with Gasteiger partial charge in [-0.2, -0.15) is 10.5 Å². The Morgan fingerprint density at radius 3 is 2.57 bits per heavy atom. The van der Waals surface area contributed by atoms with Crippen molar-refractivity contribution in [2.75, 3.05) is 12.4 Å². The van der Waals surface area contributed by atoms with E-state index in [9.17, 15) is 10.5 Å². The fourth-order valence-electron chi connectivity index (χ4n) is 4.93. The van der Waals surface area contributed by atoms with E-state index in [2.05, 4.69) is 17.1 Å². The van der Waals surface area contributed by atoms with Gasteiger partial charge in [0.05, 0.1) is 18.7 Å². The smallest absolute Gasteiger partial charge is 0.231 e. The van der Waals surface area contributed by atoms with E-state index in [4.69, 9.17) is 10.5 Å². The first-order valence-corrected chi connectivity index (χ1v) is 8.63. The van der Waals surface area contributed by atoms with Crippen molar-refractivity contribution >= 4 is 17.6 Å². The molecule has 0 aromatic heterocycles. The van der Waals surface area contributed by atoms with Gasteiger partial charge in [-0.1, -0.05) is 49.0 Å². The summed E-state index contributed by atoms with van der Waals surface area (Å²) in [4.78, 5) is 4.50. The highest BCUT2D eigenvalue weighted by atomic mass is 32.2. The zero-order chi connectivity index (χ0) is 16.3. The second-order valence-corrected chi connectivity index (χ2v) is 7.37. The summed E-state index contributed by atoms with van der Waals surface area (Å²) in [6.07, 6.45) is 0.625. The number of fused-ring (bicyclic) bond motifs is 2. The predicted molar refractivity (Wildman–Crippen MR) is 87.3 cm³/mol. The number of aliphatic imine (C=N–C) groups is 1. The minimum Gasteiger partial charge on any atom is -0.386 e. The molecule has 1 saturated heterocycles. The molecule has 0 amide bonds. The molecule has 3 aliphatic rings. The second-order valence-electron chi connectivity index (χ2n) is 6.12. The van der Waals surface area contributed by atoms with Gasteiger partial charge in [-0.3, -0.25) is 0 Å². The molecule has 2 heterocycles. The van der Waals surface area contributed by atoms with E-state index in [1.807, 2.05) is 37.3 Å². The van der Waals surface area contributed by atoms with E-state index in [-0.39, 0.29) is 5.84 Å². The Balaban J connectivity index is 2.05. The van der Waals surface area contributed by atoms with Crippen LogP contribution in [0.2, 0.25) is 0 Å². The molecule has 0 radical (unpaired) electrons. The van der Waals surface area contributed by atoms with Crippen LogP contribution in [0.5, 0.6) is 0 Å². The van der Waals surface area contributed by atoms with Crippen molar-refractivity contribution in [3.63, 3.8) is 0 Å². The molecule has 2 N–H and O–H groups in total. The number of rotatable bonds is 2. The Morgan fingerprint density at radius 1 is 1.30 bits per heavy atom. The summed E-state index contributed by atoms with van der Waals surface area (Å²) in [7, 11) is 0. The van der Waals surface area contributed by atoms with Gasteiger partial charge in [0.1, 0.15) is 5.84 Å². The summed E-state index contributed by atoms with van der Waals surface area (Å²) in [5.74, 6) is 0.984. The summed E-state index contributed by atoms with van der Waals surface area (Å²) in [5, 5.41) is 19.2. The average Bonchev–Trinajstić information content (AvgIpc) is 2.80. The molecule has 0 unspecified atom stereocenters. The third kappa shape index (κ3) is 1.15. The average molecular weight is 324 g/mol. The van der Waals surface area contributed by atoms with Gasteiger partial charge in [-0.25, -0.2) is 4.99 Å². The number of benzene rings is 1. The third-order valence-electron chi connectivity index (χ3n) is 5.72. The van der Waals surface area contributed by atoms with Crippen LogP contribution in [0.15, 0.2) is 35.3 Å². The van der Waals surface area contributed by atoms with Crippen LogP contribution in [0.1, 0.15) is 18.9 Å². The molecule has 2 aliphatic heterocycles. The minimum atomic E-state index is -1.12. The largest absolute Gasteiger partial charge is 0.386 e. The molecular weight excluding hydrogens is 308 g/mol. The first-order valence-electron chi connectivity index (χ1n) is 7.64. The standard InChI is InChI=1S/C17H16N4OS/c1-2-14(12-6-4-3-5-7-12)15(10-18)13(20)21-17(16(14,15)11-19)22-8-9-23-17/h3-7H,2,8-9H2,1H3,(H2,20,21)/t14-,15+,16-,17-/m1/s1. The zero-order valence-electron chi connectivity index (χ0n) is 12.7. The number of nitriles is 2. The van der Waals surface area contributed by atoms with Gasteiger partial charge < -0.3 is 10.5 Å². The van der Waals surface area contributed by atoms with Crippen LogP contribution in [0.3, 0.4) is 0 Å². The molecule has 23 heavy (non-hydrogen) atoms. The number of amidine groups is 1. The van der Waals surface area contributed by atoms with E-state index in [1.54, 1.807) is 0 Å². The lowest BCUT2D eigenvalue weighted by Gasteiger charge is -2.31. The van der Waals surface area contributed by atoms with Crippen molar-refractivity contribution in [3.05, 3.63) is 35.9 Å². The highest BCUT2D eigenvalue weighted by molar-refractivity contribution is 8.00. The SMILES string of the molecule is CC[C@@]1(c2ccccc2)[C@]2(C#N)C(N)=N[C@@]3(OCCS3)[C@@]21C#N. The molecule has 1 aromatic carbocycles. The third-order valence-corrected chi connectivity index (χ3v) is 6.99. The van der Waals surface area contributed by atoms with Crippen molar-refractivity contribution < 1.29 is 4.74 Å². The number of hydrogen-bond donors (Lipinski definition) is 1. The van der Waals surface area contributed by atoms with Crippen LogP contribution >= 0.6 is 11.8 Å². The van der Waals surface area contributed by atoms with Gasteiger partial charge in [0.2, 0.25) is 5.06 Å². The van der Waals surface area contributed by atoms with Crippen LogP contribution < -0.4 is 5.73 Å². The van der Waals surface area contributed by atoms with Crippen LogP contribution in [0, 0.1) is 33.5 Å². The van der Waals surface area contributed by atoms with Crippen molar-refractivity contribution in [3.8, 4) is 12.1 Å². The Hall–Kier alpha value is -2.02. The second kappa shape index (κ2) is 4.29. The van der Waals surface area contributed by atoms with Gasteiger partial charge in [0.25, 0.3) is 0 Å². The first-order chi connectivity index (χ1) is 11.1. The van der Waals surface area contributed by atoms with Gasteiger partial charge in [0, 0.05) is 11.2 Å². The molecule has 1 aliphatic carbocycles. The van der Waals surface area contributed by atoms with Crippen LogP contribution in [-0.2, 0) is 10.2 Å². The van der Waals surface area contributed by atoms with Gasteiger partial charge in [-0.15, -0.1) is 0 Å². The van der Waals surface area contributed by atoms with Crippen molar-refractivity contribution in [2.45, 2.75) is 23.8 Å². The summed E-state index contributed by atoms with van der Waals surface area (Å²) in [6.45, 7) is 2.52. The summed E-state index contributed by atoms with van der Waals surface area (Å²) in [5.41, 5.74) is 4.32. The maximum atomic E-state index is 10.2. The number of nitrogens with zero attached hydrogens (tertiary/aromatic N) is 3. The molecule has 116 valence electrons. The lowest BCUT2D eigenvalue weighted by Crippen LogP contribution is -2.39. The lowest BCUT2D eigenvalue weighted by molar-refractivity contribution is 0.0137. The highest BCUT2D eigenvalue weighted by Gasteiger charge is 3.00. The lowest BCUT2D eigenvalue weighted by atomic mass is 9.81. The fourth-order valence-corrected chi connectivity index (χ4v) is 6.29.